The number of thioether (sulfide) groups is 1. The molecule has 126 valence electrons. The molecule has 1 aromatic carbocycles. The Morgan fingerprint density at radius 3 is 2.96 bits per heavy atom. The molecule has 0 aliphatic heterocycles. The van der Waals surface area contributed by atoms with Gasteiger partial charge in [-0.05, 0) is 12.1 Å². The molecule has 0 unspecified atom stereocenters. The second-order valence-electron chi connectivity index (χ2n) is 4.78. The third-order valence-electron chi connectivity index (χ3n) is 3.25. The first-order valence-corrected chi connectivity index (χ1v) is 8.77. The number of ether oxygens (including phenoxy) is 1. The molecule has 3 aromatic rings. The molecule has 0 saturated carbocycles. The summed E-state index contributed by atoms with van der Waals surface area (Å²) in [6.07, 6.45) is 0. The monoisotopic (exact) mass is 366 g/mol. The number of aromatic nitrogens is 3. The number of nitrogens with one attached hydrogen (secondary N) is 1. The minimum atomic E-state index is -1.07. The highest BCUT2D eigenvalue weighted by molar-refractivity contribution is 7.99. The number of aliphatic hydroxyl groups is 1. The molecule has 8 nitrogen and oxygen atoms in total. The van der Waals surface area contributed by atoms with Crippen LogP contribution in [-0.2, 0) is 14.3 Å². The van der Waals surface area contributed by atoms with Crippen LogP contribution in [0.2, 0.25) is 0 Å². The lowest BCUT2D eigenvalue weighted by Crippen LogP contribution is -2.44. The Hall–Kier alpha value is -2.17. The van der Waals surface area contributed by atoms with Crippen LogP contribution in [0, 0.1) is 0 Å². The van der Waals surface area contributed by atoms with Gasteiger partial charge in [-0.1, -0.05) is 35.2 Å². The fourth-order valence-electron chi connectivity index (χ4n) is 2.14. The van der Waals surface area contributed by atoms with Crippen LogP contribution in [0.15, 0.2) is 29.4 Å². The number of amides is 1. The minimum Gasteiger partial charge on any atom is -0.467 e. The maximum atomic E-state index is 12.0. The third kappa shape index (κ3) is 3.21. The second-order valence-corrected chi connectivity index (χ2v) is 6.74. The van der Waals surface area contributed by atoms with Gasteiger partial charge in [0.15, 0.2) is 11.2 Å². The number of benzene rings is 1. The summed E-state index contributed by atoms with van der Waals surface area (Å²) in [7, 11) is 1.19. The van der Waals surface area contributed by atoms with Gasteiger partial charge in [0.1, 0.15) is 0 Å². The van der Waals surface area contributed by atoms with Crippen LogP contribution >= 0.6 is 23.1 Å². The number of fused-ring (bicyclic) bond motifs is 3. The van der Waals surface area contributed by atoms with Gasteiger partial charge in [0, 0.05) is 0 Å². The number of hydrogen-bond acceptors (Lipinski definition) is 8. The van der Waals surface area contributed by atoms with E-state index in [4.69, 9.17) is 5.11 Å². The molecule has 0 aliphatic rings. The Balaban J connectivity index is 1.71. The lowest BCUT2D eigenvalue weighted by Gasteiger charge is -2.13. The summed E-state index contributed by atoms with van der Waals surface area (Å²) in [6, 6.07) is 6.78. The Bertz CT molecular complexity index is 891. The molecule has 0 aliphatic carbocycles. The van der Waals surface area contributed by atoms with Gasteiger partial charge in [0.05, 0.1) is 29.7 Å². The summed E-state index contributed by atoms with van der Waals surface area (Å²) < 4.78 is 7.48. The molecule has 0 radical (unpaired) electrons. The molecule has 0 bridgehead atoms. The van der Waals surface area contributed by atoms with E-state index in [1.165, 1.54) is 30.2 Å². The number of carbonyl (C=O) groups is 2. The van der Waals surface area contributed by atoms with Crippen LogP contribution in [0.1, 0.15) is 0 Å². The van der Waals surface area contributed by atoms with Gasteiger partial charge in [0.2, 0.25) is 10.9 Å². The first-order valence-electron chi connectivity index (χ1n) is 6.97. The predicted octanol–water partition coefficient (Wildman–Crippen LogP) is 0.686. The van der Waals surface area contributed by atoms with Gasteiger partial charge >= 0.3 is 5.97 Å². The van der Waals surface area contributed by atoms with Crippen molar-refractivity contribution in [3.63, 3.8) is 0 Å². The number of nitrogens with zero attached hydrogens (tertiary/aromatic N) is 3. The van der Waals surface area contributed by atoms with Crippen LogP contribution in [0.5, 0.6) is 0 Å². The number of esters is 1. The van der Waals surface area contributed by atoms with Crippen molar-refractivity contribution in [2.24, 2.45) is 0 Å². The van der Waals surface area contributed by atoms with E-state index in [1.807, 2.05) is 28.7 Å². The van der Waals surface area contributed by atoms with Gasteiger partial charge in [-0.15, -0.1) is 10.2 Å². The topological polar surface area (TPSA) is 106 Å². The molecule has 1 atom stereocenters. The van der Waals surface area contributed by atoms with Gasteiger partial charge in [-0.2, -0.15) is 0 Å². The molecule has 0 spiro atoms. The highest BCUT2D eigenvalue weighted by Crippen LogP contribution is 2.29. The number of aliphatic hydroxyl groups excluding tert-OH is 1. The van der Waals surface area contributed by atoms with Crippen LogP contribution in [-0.4, -0.2) is 57.1 Å². The van der Waals surface area contributed by atoms with Crippen molar-refractivity contribution in [2.75, 3.05) is 19.5 Å². The van der Waals surface area contributed by atoms with Gasteiger partial charge < -0.3 is 15.2 Å². The number of carbonyl (C=O) groups excluding carboxylic acids is 2. The highest BCUT2D eigenvalue weighted by Gasteiger charge is 2.21. The summed E-state index contributed by atoms with van der Waals surface area (Å²) in [5, 5.41) is 20.3. The van der Waals surface area contributed by atoms with Crippen LogP contribution in [0.25, 0.3) is 15.2 Å². The Labute approximate surface area is 144 Å². The molecule has 0 fully saturated rings. The van der Waals surface area contributed by atoms with E-state index in [0.717, 1.165) is 15.2 Å². The summed E-state index contributed by atoms with van der Waals surface area (Å²) in [4.78, 5) is 24.1. The van der Waals surface area contributed by atoms with Crippen molar-refractivity contribution in [3.8, 4) is 0 Å². The van der Waals surface area contributed by atoms with E-state index in [0.29, 0.717) is 5.16 Å². The zero-order chi connectivity index (χ0) is 17.1. The van der Waals surface area contributed by atoms with Gasteiger partial charge in [0.25, 0.3) is 0 Å². The largest absolute Gasteiger partial charge is 0.467 e. The minimum absolute atomic E-state index is 0.0401. The van der Waals surface area contributed by atoms with Crippen LogP contribution in [0.3, 0.4) is 0 Å². The average Bonchev–Trinajstić information content (AvgIpc) is 3.16. The van der Waals surface area contributed by atoms with Crippen LogP contribution in [0.4, 0.5) is 0 Å². The van der Waals surface area contributed by atoms with Crippen molar-refractivity contribution in [1.29, 1.82) is 0 Å². The molecule has 24 heavy (non-hydrogen) atoms. The molecule has 0 saturated heterocycles. The van der Waals surface area contributed by atoms with E-state index in [2.05, 4.69) is 20.3 Å². The maximum absolute atomic E-state index is 12.0. The molecular weight excluding hydrogens is 352 g/mol. The fraction of sp³-hybridized carbons (Fsp3) is 0.286. The predicted molar refractivity (Wildman–Crippen MR) is 90.1 cm³/mol. The third-order valence-corrected chi connectivity index (χ3v) is 5.19. The average molecular weight is 366 g/mol. The zero-order valence-electron chi connectivity index (χ0n) is 12.6. The molecule has 3 rings (SSSR count). The van der Waals surface area contributed by atoms with Crippen molar-refractivity contribution in [2.45, 2.75) is 11.2 Å². The van der Waals surface area contributed by atoms with E-state index in [-0.39, 0.29) is 5.75 Å². The van der Waals surface area contributed by atoms with Crippen molar-refractivity contribution >= 4 is 50.2 Å². The first kappa shape index (κ1) is 16.7. The molecule has 1 amide bonds. The first-order chi connectivity index (χ1) is 11.6. The summed E-state index contributed by atoms with van der Waals surface area (Å²) in [5.41, 5.74) is 0.980. The van der Waals surface area contributed by atoms with Crippen molar-refractivity contribution in [3.05, 3.63) is 24.3 Å². The van der Waals surface area contributed by atoms with Gasteiger partial charge in [-0.3, -0.25) is 9.20 Å². The standard InChI is InChI=1S/C14H14N4O4S2/c1-22-12(21)8(6-19)15-11(20)7-23-13-16-17-14-18(13)9-4-2-3-5-10(9)24-14/h2-5,8,19H,6-7H2,1H3,(H,15,20)/t8-/m0/s1. The number of hydrogen-bond donors (Lipinski definition) is 2. The number of rotatable bonds is 6. The fourth-order valence-corrected chi connectivity index (χ4v) is 3.92. The zero-order valence-corrected chi connectivity index (χ0v) is 14.3. The SMILES string of the molecule is COC(=O)[C@H](CO)NC(=O)CSc1nnc2sc3ccccc3n12. The second kappa shape index (κ2) is 7.16. The molecule has 2 aromatic heterocycles. The van der Waals surface area contributed by atoms with Crippen molar-refractivity contribution < 1.29 is 19.4 Å². The normalized spacial score (nSPS) is 12.4. The molecule has 2 N–H and O–H groups in total. The smallest absolute Gasteiger partial charge is 0.330 e. The summed E-state index contributed by atoms with van der Waals surface area (Å²) in [6.45, 7) is -0.520. The maximum Gasteiger partial charge on any atom is 0.330 e. The molecule has 2 heterocycles. The Kier molecular flexibility index (Phi) is 4.97. The van der Waals surface area contributed by atoms with Crippen LogP contribution < -0.4 is 5.32 Å². The van der Waals surface area contributed by atoms with E-state index >= 15 is 0 Å². The van der Waals surface area contributed by atoms with E-state index in [9.17, 15) is 9.59 Å². The molecule has 10 heteroatoms. The summed E-state index contributed by atoms with van der Waals surface area (Å²) >= 11 is 2.73. The Morgan fingerprint density at radius 1 is 1.42 bits per heavy atom. The van der Waals surface area contributed by atoms with Gasteiger partial charge in [-0.25, -0.2) is 4.79 Å². The van der Waals surface area contributed by atoms with Crippen molar-refractivity contribution in [1.82, 2.24) is 19.9 Å². The van der Waals surface area contributed by atoms with E-state index < -0.39 is 24.5 Å². The Morgan fingerprint density at radius 2 is 2.21 bits per heavy atom. The summed E-state index contributed by atoms with van der Waals surface area (Å²) in [5.74, 6) is -1.05. The van der Waals surface area contributed by atoms with E-state index in [1.54, 1.807) is 0 Å². The highest BCUT2D eigenvalue weighted by atomic mass is 32.2. The number of para-hydroxylation sites is 1. The lowest BCUT2D eigenvalue weighted by molar-refractivity contribution is -0.145. The molecular formula is C14H14N4O4S2. The quantitative estimate of drug-likeness (QED) is 0.488. The number of methoxy groups -OCH3 is 1. The number of thiazole rings is 1. The lowest BCUT2D eigenvalue weighted by atomic mass is 10.3.